The lowest BCUT2D eigenvalue weighted by Gasteiger charge is -2.27. The maximum atomic E-state index is 14.3. The molecule has 27 heavy (non-hydrogen) atoms. The van der Waals surface area contributed by atoms with Gasteiger partial charge in [0.25, 0.3) is 5.91 Å². The van der Waals surface area contributed by atoms with Crippen molar-refractivity contribution in [1.82, 2.24) is 15.5 Å². The first-order chi connectivity index (χ1) is 12.6. The Labute approximate surface area is 164 Å². The fourth-order valence-corrected chi connectivity index (χ4v) is 3.06. The normalized spacial score (nSPS) is 14.4. The molecular weight excluding hydrogens is 372 g/mol. The first-order valence-electron chi connectivity index (χ1n) is 8.90. The van der Waals surface area contributed by atoms with Crippen LogP contribution in [0.4, 0.5) is 8.78 Å². The smallest absolute Gasteiger partial charge is 0.254 e. The SMILES string of the molecule is Cl.O=C(NCCCN1CCNCC1)c1ccc(-c2ccc(F)cc2)cc1F. The Bertz CT molecular complexity index is 749. The summed E-state index contributed by atoms with van der Waals surface area (Å²) < 4.78 is 27.3. The summed E-state index contributed by atoms with van der Waals surface area (Å²) in [5, 5.41) is 6.07. The first-order valence-corrected chi connectivity index (χ1v) is 8.90. The summed E-state index contributed by atoms with van der Waals surface area (Å²) in [4.78, 5) is 14.5. The van der Waals surface area contributed by atoms with Crippen LogP contribution in [-0.4, -0.2) is 50.1 Å². The number of nitrogens with zero attached hydrogens (tertiary/aromatic N) is 1. The second-order valence-corrected chi connectivity index (χ2v) is 6.40. The number of carbonyl (C=O) groups is 1. The van der Waals surface area contributed by atoms with Crippen molar-refractivity contribution >= 4 is 18.3 Å². The molecule has 3 rings (SSSR count). The number of amides is 1. The van der Waals surface area contributed by atoms with Gasteiger partial charge in [-0.2, -0.15) is 0 Å². The van der Waals surface area contributed by atoms with Gasteiger partial charge in [-0.1, -0.05) is 18.2 Å². The molecule has 4 nitrogen and oxygen atoms in total. The summed E-state index contributed by atoms with van der Waals surface area (Å²) in [6.07, 6.45) is 0.834. The monoisotopic (exact) mass is 395 g/mol. The average molecular weight is 396 g/mol. The summed E-state index contributed by atoms with van der Waals surface area (Å²) in [7, 11) is 0. The summed E-state index contributed by atoms with van der Waals surface area (Å²) in [6.45, 7) is 5.48. The van der Waals surface area contributed by atoms with E-state index in [2.05, 4.69) is 15.5 Å². The molecule has 1 amide bonds. The van der Waals surface area contributed by atoms with E-state index in [0.717, 1.165) is 39.1 Å². The van der Waals surface area contributed by atoms with Gasteiger partial charge >= 0.3 is 0 Å². The van der Waals surface area contributed by atoms with E-state index in [1.54, 1.807) is 18.2 Å². The Morgan fingerprint density at radius 2 is 1.70 bits per heavy atom. The van der Waals surface area contributed by atoms with Crippen LogP contribution in [0.1, 0.15) is 16.8 Å². The van der Waals surface area contributed by atoms with Gasteiger partial charge in [0, 0.05) is 32.7 Å². The van der Waals surface area contributed by atoms with Crippen LogP contribution in [0.2, 0.25) is 0 Å². The molecule has 1 aliphatic rings. The van der Waals surface area contributed by atoms with E-state index < -0.39 is 11.7 Å². The van der Waals surface area contributed by atoms with Crippen molar-refractivity contribution in [2.75, 3.05) is 39.3 Å². The zero-order valence-electron chi connectivity index (χ0n) is 15.0. The van der Waals surface area contributed by atoms with Gasteiger partial charge in [0.05, 0.1) is 5.56 Å². The molecule has 0 aliphatic carbocycles. The third-order valence-electron chi connectivity index (χ3n) is 4.54. The predicted molar refractivity (Wildman–Crippen MR) is 105 cm³/mol. The van der Waals surface area contributed by atoms with E-state index in [9.17, 15) is 13.6 Å². The Kier molecular flexibility index (Phi) is 8.16. The number of benzene rings is 2. The molecule has 7 heteroatoms. The number of nitrogens with one attached hydrogen (secondary N) is 2. The molecule has 2 N–H and O–H groups in total. The van der Waals surface area contributed by atoms with Crippen molar-refractivity contribution in [3.05, 3.63) is 59.7 Å². The van der Waals surface area contributed by atoms with Gasteiger partial charge in [-0.15, -0.1) is 12.4 Å². The quantitative estimate of drug-likeness (QED) is 0.739. The van der Waals surface area contributed by atoms with Gasteiger partial charge in [0.15, 0.2) is 0 Å². The van der Waals surface area contributed by atoms with Gasteiger partial charge in [-0.3, -0.25) is 4.79 Å². The van der Waals surface area contributed by atoms with Crippen molar-refractivity contribution in [1.29, 1.82) is 0 Å². The maximum Gasteiger partial charge on any atom is 0.254 e. The molecular formula is C20H24ClF2N3O. The van der Waals surface area contributed by atoms with Gasteiger partial charge in [-0.25, -0.2) is 8.78 Å². The molecule has 1 heterocycles. The van der Waals surface area contributed by atoms with Crippen LogP contribution in [0.15, 0.2) is 42.5 Å². The molecule has 2 aromatic carbocycles. The fraction of sp³-hybridized carbons (Fsp3) is 0.350. The first kappa shape index (κ1) is 21.3. The number of hydrogen-bond donors (Lipinski definition) is 2. The van der Waals surface area contributed by atoms with Crippen LogP contribution >= 0.6 is 12.4 Å². The Morgan fingerprint density at radius 1 is 1.04 bits per heavy atom. The third kappa shape index (κ3) is 5.99. The minimum absolute atomic E-state index is 0. The number of carbonyl (C=O) groups excluding carboxylic acids is 1. The highest BCUT2D eigenvalue weighted by atomic mass is 35.5. The van der Waals surface area contributed by atoms with E-state index >= 15 is 0 Å². The van der Waals surface area contributed by atoms with Crippen LogP contribution in [0, 0.1) is 11.6 Å². The van der Waals surface area contributed by atoms with Gasteiger partial charge < -0.3 is 15.5 Å². The molecule has 0 aromatic heterocycles. The lowest BCUT2D eigenvalue weighted by Crippen LogP contribution is -2.44. The van der Waals surface area contributed by atoms with E-state index in [1.165, 1.54) is 24.3 Å². The third-order valence-corrected chi connectivity index (χ3v) is 4.54. The number of rotatable bonds is 6. The average Bonchev–Trinajstić information content (AvgIpc) is 2.66. The number of hydrogen-bond acceptors (Lipinski definition) is 3. The zero-order valence-corrected chi connectivity index (χ0v) is 15.8. The van der Waals surface area contributed by atoms with E-state index in [0.29, 0.717) is 17.7 Å². The molecule has 1 fully saturated rings. The predicted octanol–water partition coefficient (Wildman–Crippen LogP) is 3.08. The molecule has 0 bridgehead atoms. The number of piperazine rings is 1. The lowest BCUT2D eigenvalue weighted by atomic mass is 10.0. The largest absolute Gasteiger partial charge is 0.352 e. The lowest BCUT2D eigenvalue weighted by molar-refractivity contribution is 0.0947. The van der Waals surface area contributed by atoms with Crippen LogP contribution in [0.3, 0.4) is 0 Å². The Hall–Kier alpha value is -2.02. The van der Waals surface area contributed by atoms with E-state index in [4.69, 9.17) is 0 Å². The van der Waals surface area contributed by atoms with Crippen molar-refractivity contribution in [2.45, 2.75) is 6.42 Å². The topological polar surface area (TPSA) is 44.4 Å². The highest BCUT2D eigenvalue weighted by molar-refractivity contribution is 5.95. The van der Waals surface area contributed by atoms with Crippen molar-refractivity contribution < 1.29 is 13.6 Å². The summed E-state index contributed by atoms with van der Waals surface area (Å²) >= 11 is 0. The molecule has 0 unspecified atom stereocenters. The summed E-state index contributed by atoms with van der Waals surface area (Å²) in [5.41, 5.74) is 1.34. The van der Waals surface area contributed by atoms with Gasteiger partial charge in [-0.05, 0) is 48.4 Å². The molecule has 1 aliphatic heterocycles. The highest BCUT2D eigenvalue weighted by Gasteiger charge is 2.13. The molecule has 0 spiro atoms. The minimum atomic E-state index is -0.577. The molecule has 0 radical (unpaired) electrons. The Morgan fingerprint density at radius 3 is 2.37 bits per heavy atom. The summed E-state index contributed by atoms with van der Waals surface area (Å²) in [5.74, 6) is -1.33. The van der Waals surface area contributed by atoms with Gasteiger partial charge in [0.1, 0.15) is 11.6 Å². The van der Waals surface area contributed by atoms with Crippen LogP contribution in [0.25, 0.3) is 11.1 Å². The fourth-order valence-electron chi connectivity index (χ4n) is 3.06. The standard InChI is InChI=1S/C20H23F2N3O.ClH/c21-17-5-2-15(3-6-17)16-4-7-18(19(22)14-16)20(26)24-8-1-11-25-12-9-23-10-13-25;/h2-7,14,23H,1,8-13H2,(H,24,26);1H. The zero-order chi connectivity index (χ0) is 18.4. The van der Waals surface area contributed by atoms with Crippen LogP contribution < -0.4 is 10.6 Å². The molecule has 0 saturated carbocycles. The van der Waals surface area contributed by atoms with Crippen LogP contribution in [-0.2, 0) is 0 Å². The maximum absolute atomic E-state index is 14.3. The van der Waals surface area contributed by atoms with E-state index in [1.807, 2.05) is 0 Å². The second-order valence-electron chi connectivity index (χ2n) is 6.40. The molecule has 1 saturated heterocycles. The molecule has 0 atom stereocenters. The second kappa shape index (κ2) is 10.3. The van der Waals surface area contributed by atoms with Crippen molar-refractivity contribution in [2.24, 2.45) is 0 Å². The highest BCUT2D eigenvalue weighted by Crippen LogP contribution is 2.22. The van der Waals surface area contributed by atoms with Gasteiger partial charge in [0.2, 0.25) is 0 Å². The summed E-state index contributed by atoms with van der Waals surface area (Å²) in [6, 6.07) is 10.3. The molecule has 2 aromatic rings. The number of halogens is 3. The molecule has 146 valence electrons. The van der Waals surface area contributed by atoms with E-state index in [-0.39, 0.29) is 23.8 Å². The van der Waals surface area contributed by atoms with Crippen molar-refractivity contribution in [3.8, 4) is 11.1 Å². The van der Waals surface area contributed by atoms with Crippen molar-refractivity contribution in [3.63, 3.8) is 0 Å². The minimum Gasteiger partial charge on any atom is -0.352 e. The Balaban J connectivity index is 0.00000261. The van der Waals surface area contributed by atoms with Crippen LogP contribution in [0.5, 0.6) is 0 Å².